The zero-order valence-electron chi connectivity index (χ0n) is 12.3. The van der Waals surface area contributed by atoms with E-state index in [1.807, 2.05) is 38.2 Å². The lowest BCUT2D eigenvalue weighted by molar-refractivity contribution is -0.123. The summed E-state index contributed by atoms with van der Waals surface area (Å²) in [6.45, 7) is 2.17. The number of amides is 1. The molecule has 0 unspecified atom stereocenters. The number of rotatable bonds is 5. The summed E-state index contributed by atoms with van der Waals surface area (Å²) >= 11 is 0. The predicted octanol–water partition coefficient (Wildman–Crippen LogP) is 2.48. The molecule has 2 N–H and O–H groups in total. The van der Waals surface area contributed by atoms with Crippen LogP contribution in [0.1, 0.15) is 31.2 Å². The van der Waals surface area contributed by atoms with Crippen LogP contribution in [0.25, 0.3) is 0 Å². The second kappa shape index (κ2) is 7.41. The van der Waals surface area contributed by atoms with Gasteiger partial charge in [-0.05, 0) is 51.8 Å². The minimum absolute atomic E-state index is 0.0791. The summed E-state index contributed by atoms with van der Waals surface area (Å²) in [5.74, 6) is -0.0791. The Morgan fingerprint density at radius 3 is 2.45 bits per heavy atom. The van der Waals surface area contributed by atoms with Crippen molar-refractivity contribution in [3.8, 4) is 0 Å². The molecule has 1 fully saturated rings. The molecular weight excluding hydrogens is 252 g/mol. The van der Waals surface area contributed by atoms with Gasteiger partial charge in [-0.3, -0.25) is 4.79 Å². The van der Waals surface area contributed by atoms with Gasteiger partial charge in [-0.1, -0.05) is 17.7 Å². The van der Waals surface area contributed by atoms with Crippen LogP contribution in [0, 0.1) is 6.92 Å². The molecule has 0 saturated heterocycles. The van der Waals surface area contributed by atoms with Gasteiger partial charge < -0.3 is 15.4 Å². The van der Waals surface area contributed by atoms with Crippen molar-refractivity contribution in [1.29, 1.82) is 0 Å². The van der Waals surface area contributed by atoms with Crippen LogP contribution in [-0.4, -0.2) is 31.7 Å². The smallest absolute Gasteiger partial charge is 0.250 e. The molecule has 4 nitrogen and oxygen atoms in total. The molecule has 2 rings (SSSR count). The molecule has 0 atom stereocenters. The average Bonchev–Trinajstić information content (AvgIpc) is 2.48. The molecule has 1 aromatic rings. The minimum Gasteiger partial charge on any atom is -0.368 e. The minimum atomic E-state index is -0.0791. The number of aryl methyl sites for hydroxylation is 1. The van der Waals surface area contributed by atoms with Gasteiger partial charge >= 0.3 is 0 Å². The first-order valence-electron chi connectivity index (χ1n) is 7.33. The Morgan fingerprint density at radius 2 is 1.85 bits per heavy atom. The third-order valence-electron chi connectivity index (χ3n) is 3.87. The molecule has 20 heavy (non-hydrogen) atoms. The summed E-state index contributed by atoms with van der Waals surface area (Å²) in [4.78, 5) is 11.8. The maximum absolute atomic E-state index is 11.8. The molecular formula is C16H24N2O2. The molecule has 0 aromatic heterocycles. The maximum atomic E-state index is 11.8. The lowest BCUT2D eigenvalue weighted by Crippen LogP contribution is -2.34. The van der Waals surface area contributed by atoms with E-state index in [4.69, 9.17) is 4.74 Å². The molecule has 0 bridgehead atoms. The molecule has 1 aromatic carbocycles. The molecule has 110 valence electrons. The Hall–Kier alpha value is -1.39. The van der Waals surface area contributed by atoms with Gasteiger partial charge in [-0.25, -0.2) is 0 Å². The Kier molecular flexibility index (Phi) is 5.56. The molecule has 0 spiro atoms. The van der Waals surface area contributed by atoms with Crippen LogP contribution in [0.2, 0.25) is 0 Å². The third-order valence-corrected chi connectivity index (χ3v) is 3.87. The zero-order chi connectivity index (χ0) is 14.4. The first-order chi connectivity index (χ1) is 9.67. The normalized spacial score (nSPS) is 22.5. The highest BCUT2D eigenvalue weighted by atomic mass is 16.5. The summed E-state index contributed by atoms with van der Waals surface area (Å²) in [6, 6.07) is 8.39. The second-order valence-corrected chi connectivity index (χ2v) is 5.49. The molecule has 1 aliphatic carbocycles. The van der Waals surface area contributed by atoms with Crippen molar-refractivity contribution in [3.05, 3.63) is 29.8 Å². The molecule has 1 saturated carbocycles. The SMILES string of the molecule is CNC1CCC(OCC(=O)Nc2ccc(C)cc2)CC1. The highest BCUT2D eigenvalue weighted by molar-refractivity contribution is 5.91. The van der Waals surface area contributed by atoms with Crippen LogP contribution in [0.15, 0.2) is 24.3 Å². The quantitative estimate of drug-likeness (QED) is 0.868. The second-order valence-electron chi connectivity index (χ2n) is 5.49. The van der Waals surface area contributed by atoms with Crippen molar-refractivity contribution in [2.45, 2.75) is 44.8 Å². The van der Waals surface area contributed by atoms with Gasteiger partial charge in [0.15, 0.2) is 0 Å². The topological polar surface area (TPSA) is 50.4 Å². The number of nitrogens with one attached hydrogen (secondary N) is 2. The predicted molar refractivity (Wildman–Crippen MR) is 80.9 cm³/mol. The number of benzene rings is 1. The van der Waals surface area contributed by atoms with Crippen molar-refractivity contribution in [2.75, 3.05) is 19.0 Å². The number of anilines is 1. The van der Waals surface area contributed by atoms with Gasteiger partial charge in [0.05, 0.1) is 6.10 Å². The van der Waals surface area contributed by atoms with E-state index >= 15 is 0 Å². The van der Waals surface area contributed by atoms with E-state index in [0.29, 0.717) is 6.04 Å². The van der Waals surface area contributed by atoms with Crippen LogP contribution in [0.4, 0.5) is 5.69 Å². The molecule has 1 aliphatic rings. The maximum Gasteiger partial charge on any atom is 0.250 e. The van der Waals surface area contributed by atoms with Crippen molar-refractivity contribution >= 4 is 11.6 Å². The highest BCUT2D eigenvalue weighted by Crippen LogP contribution is 2.20. The highest BCUT2D eigenvalue weighted by Gasteiger charge is 2.20. The van der Waals surface area contributed by atoms with Crippen molar-refractivity contribution in [1.82, 2.24) is 5.32 Å². The Balaban J connectivity index is 1.69. The first kappa shape index (κ1) is 15.0. The third kappa shape index (κ3) is 4.62. The van der Waals surface area contributed by atoms with E-state index in [1.54, 1.807) is 0 Å². The standard InChI is InChI=1S/C16H24N2O2/c1-12-3-5-14(6-4-12)18-16(19)11-20-15-9-7-13(17-2)8-10-15/h3-6,13,15,17H,7-11H2,1-2H3,(H,18,19). The number of hydrogen-bond acceptors (Lipinski definition) is 3. The summed E-state index contributed by atoms with van der Waals surface area (Å²) in [7, 11) is 2.00. The van der Waals surface area contributed by atoms with Gasteiger partial charge in [0.2, 0.25) is 5.91 Å². The number of hydrogen-bond donors (Lipinski definition) is 2. The largest absolute Gasteiger partial charge is 0.368 e. The fraction of sp³-hybridized carbons (Fsp3) is 0.562. The van der Waals surface area contributed by atoms with E-state index < -0.39 is 0 Å². The zero-order valence-corrected chi connectivity index (χ0v) is 12.3. The van der Waals surface area contributed by atoms with Gasteiger partial charge in [-0.15, -0.1) is 0 Å². The monoisotopic (exact) mass is 276 g/mol. The number of carbonyl (C=O) groups excluding carboxylic acids is 1. The summed E-state index contributed by atoms with van der Waals surface area (Å²) in [6.07, 6.45) is 4.54. The first-order valence-corrected chi connectivity index (χ1v) is 7.33. The van der Waals surface area contributed by atoms with Crippen molar-refractivity contribution in [3.63, 3.8) is 0 Å². The average molecular weight is 276 g/mol. The van der Waals surface area contributed by atoms with Gasteiger partial charge in [-0.2, -0.15) is 0 Å². The Bertz CT molecular complexity index is 423. The number of carbonyl (C=O) groups is 1. The van der Waals surface area contributed by atoms with E-state index in [9.17, 15) is 4.79 Å². The van der Waals surface area contributed by atoms with Crippen LogP contribution in [-0.2, 0) is 9.53 Å². The van der Waals surface area contributed by atoms with Crippen molar-refractivity contribution < 1.29 is 9.53 Å². The molecule has 1 amide bonds. The van der Waals surface area contributed by atoms with Crippen molar-refractivity contribution in [2.24, 2.45) is 0 Å². The summed E-state index contributed by atoms with van der Waals surface area (Å²) < 4.78 is 5.69. The van der Waals surface area contributed by atoms with Crippen LogP contribution < -0.4 is 10.6 Å². The van der Waals surface area contributed by atoms with Gasteiger partial charge in [0, 0.05) is 11.7 Å². The fourth-order valence-electron chi connectivity index (χ4n) is 2.55. The molecule has 0 heterocycles. The molecule has 4 heteroatoms. The van der Waals surface area contributed by atoms with E-state index in [2.05, 4.69) is 10.6 Å². The molecule has 0 radical (unpaired) electrons. The lowest BCUT2D eigenvalue weighted by Gasteiger charge is -2.28. The Morgan fingerprint density at radius 1 is 1.20 bits per heavy atom. The summed E-state index contributed by atoms with van der Waals surface area (Å²) in [5, 5.41) is 6.14. The van der Waals surface area contributed by atoms with Gasteiger partial charge in [0.25, 0.3) is 0 Å². The van der Waals surface area contributed by atoms with E-state index in [-0.39, 0.29) is 18.6 Å². The van der Waals surface area contributed by atoms with E-state index in [0.717, 1.165) is 31.4 Å². The molecule has 0 aliphatic heterocycles. The van der Waals surface area contributed by atoms with Crippen LogP contribution in [0.3, 0.4) is 0 Å². The van der Waals surface area contributed by atoms with E-state index in [1.165, 1.54) is 5.56 Å². The van der Waals surface area contributed by atoms with Gasteiger partial charge in [0.1, 0.15) is 6.61 Å². The number of ether oxygens (including phenoxy) is 1. The van der Waals surface area contributed by atoms with Crippen LogP contribution in [0.5, 0.6) is 0 Å². The summed E-state index contributed by atoms with van der Waals surface area (Å²) in [5.41, 5.74) is 2.00. The fourth-order valence-corrected chi connectivity index (χ4v) is 2.55. The Labute approximate surface area is 120 Å². The van der Waals surface area contributed by atoms with Crippen LogP contribution >= 0.6 is 0 Å². The lowest BCUT2D eigenvalue weighted by atomic mass is 9.93.